The Morgan fingerprint density at radius 1 is 1.16 bits per heavy atom. The molecule has 32 heavy (non-hydrogen) atoms. The lowest BCUT2D eigenvalue weighted by atomic mass is 9.72. The molecule has 1 spiro atoms. The Hall–Kier alpha value is -3.98. The molecule has 0 saturated heterocycles. The summed E-state index contributed by atoms with van der Waals surface area (Å²) < 4.78 is 12.3. The first kappa shape index (κ1) is 20.0. The van der Waals surface area contributed by atoms with E-state index in [1.54, 1.807) is 6.20 Å². The van der Waals surface area contributed by atoms with Crippen molar-refractivity contribution in [1.29, 1.82) is 5.26 Å². The lowest BCUT2D eigenvalue weighted by molar-refractivity contribution is 0.226. The van der Waals surface area contributed by atoms with E-state index in [0.717, 1.165) is 33.8 Å². The van der Waals surface area contributed by atoms with E-state index < -0.39 is 10.8 Å². The quantitative estimate of drug-likeness (QED) is 0.642. The van der Waals surface area contributed by atoms with Crippen LogP contribution in [-0.2, 0) is 5.41 Å². The number of aromatic nitrogens is 1. The van der Waals surface area contributed by atoms with Crippen LogP contribution in [0.5, 0.6) is 17.2 Å². The second kappa shape index (κ2) is 7.31. The van der Waals surface area contributed by atoms with Crippen LogP contribution in [0.4, 0.5) is 0 Å². The second-order valence-electron chi connectivity index (χ2n) is 8.92. The molecular weight excluding hydrogens is 400 g/mol. The number of ether oxygens (including phenoxy) is 2. The molecule has 2 aliphatic rings. The topological polar surface area (TPSA) is 93.2 Å². The highest BCUT2D eigenvalue weighted by atomic mass is 16.5. The fourth-order valence-electron chi connectivity index (χ4n) is 4.23. The van der Waals surface area contributed by atoms with Crippen molar-refractivity contribution in [2.24, 2.45) is 11.1 Å². The van der Waals surface area contributed by atoms with Crippen molar-refractivity contribution in [1.82, 2.24) is 10.3 Å². The van der Waals surface area contributed by atoms with E-state index in [2.05, 4.69) is 28.5 Å². The highest BCUT2D eigenvalue weighted by Gasteiger charge is 2.44. The number of nitrogens with two attached hydrogens (primary N) is 1. The summed E-state index contributed by atoms with van der Waals surface area (Å²) in [5, 5.41) is 12.6. The smallest absolute Gasteiger partial charge is 0.132 e. The Balaban J connectivity index is 1.61. The molecule has 3 N–H and O–H groups in total. The molecule has 5 rings (SSSR count). The Bertz CT molecular complexity index is 1260. The number of hydrogen-bond donors (Lipinski definition) is 2. The van der Waals surface area contributed by atoms with Crippen LogP contribution in [0.25, 0.3) is 11.1 Å². The van der Waals surface area contributed by atoms with Gasteiger partial charge < -0.3 is 20.5 Å². The van der Waals surface area contributed by atoms with Gasteiger partial charge in [0.1, 0.15) is 23.9 Å². The van der Waals surface area contributed by atoms with Crippen LogP contribution in [0, 0.1) is 16.7 Å². The van der Waals surface area contributed by atoms with Crippen LogP contribution in [0.1, 0.15) is 25.0 Å². The van der Waals surface area contributed by atoms with Crippen molar-refractivity contribution >= 4 is 0 Å². The molecule has 0 bridgehead atoms. The minimum absolute atomic E-state index is 0.300. The number of fused-ring (bicyclic) bond motifs is 4. The zero-order chi connectivity index (χ0) is 22.3. The van der Waals surface area contributed by atoms with E-state index in [4.69, 9.17) is 15.2 Å². The zero-order valence-electron chi connectivity index (χ0n) is 18.1. The van der Waals surface area contributed by atoms with Gasteiger partial charge in [0, 0.05) is 35.6 Å². The summed E-state index contributed by atoms with van der Waals surface area (Å²) in [6.07, 6.45) is 5.68. The molecule has 0 radical (unpaired) electrons. The van der Waals surface area contributed by atoms with Crippen LogP contribution in [0.2, 0.25) is 0 Å². The van der Waals surface area contributed by atoms with Crippen molar-refractivity contribution in [2.75, 3.05) is 13.2 Å². The van der Waals surface area contributed by atoms with Gasteiger partial charge in [0.25, 0.3) is 0 Å². The van der Waals surface area contributed by atoms with Crippen LogP contribution in [0.15, 0.2) is 72.8 Å². The van der Waals surface area contributed by atoms with Gasteiger partial charge in [-0.3, -0.25) is 4.98 Å². The molecule has 0 fully saturated rings. The number of pyridine rings is 1. The third-order valence-corrected chi connectivity index (χ3v) is 5.98. The van der Waals surface area contributed by atoms with Crippen molar-refractivity contribution in [3.05, 3.63) is 83.9 Å². The van der Waals surface area contributed by atoms with Gasteiger partial charge in [-0.05, 0) is 61.9 Å². The molecule has 160 valence electrons. The van der Waals surface area contributed by atoms with Crippen molar-refractivity contribution in [2.45, 2.75) is 19.3 Å². The molecule has 0 aliphatic carbocycles. The SMILES string of the molecule is CC(C)(C#N)COc1ccc2c(c1)[C@]1(C=C(N)NC1)c1cc(-c3cccnc3)ccc1O2. The van der Waals surface area contributed by atoms with E-state index in [0.29, 0.717) is 24.7 Å². The Kier molecular flexibility index (Phi) is 4.56. The van der Waals surface area contributed by atoms with E-state index in [-0.39, 0.29) is 0 Å². The number of nitriles is 1. The van der Waals surface area contributed by atoms with Gasteiger partial charge in [-0.1, -0.05) is 12.1 Å². The summed E-state index contributed by atoms with van der Waals surface area (Å²) in [5.74, 6) is 2.90. The number of nitrogens with zero attached hydrogens (tertiary/aromatic N) is 2. The highest BCUT2D eigenvalue weighted by Crippen LogP contribution is 2.52. The summed E-state index contributed by atoms with van der Waals surface area (Å²) in [4.78, 5) is 4.25. The fraction of sp³-hybridized carbons (Fsp3) is 0.231. The van der Waals surface area contributed by atoms with Gasteiger partial charge in [0.15, 0.2) is 0 Å². The highest BCUT2D eigenvalue weighted by molar-refractivity contribution is 5.70. The fourth-order valence-corrected chi connectivity index (χ4v) is 4.23. The minimum atomic E-state index is -0.575. The molecule has 3 heterocycles. The van der Waals surface area contributed by atoms with Crippen LogP contribution < -0.4 is 20.5 Å². The normalized spacial score (nSPS) is 18.6. The number of nitrogens with one attached hydrogen (secondary N) is 1. The molecule has 0 amide bonds. The first-order chi connectivity index (χ1) is 15.4. The van der Waals surface area contributed by atoms with Gasteiger partial charge in [-0.2, -0.15) is 5.26 Å². The van der Waals surface area contributed by atoms with E-state index in [1.165, 1.54) is 0 Å². The molecule has 2 aliphatic heterocycles. The van der Waals surface area contributed by atoms with Crippen molar-refractivity contribution in [3.63, 3.8) is 0 Å². The molecule has 0 saturated carbocycles. The summed E-state index contributed by atoms with van der Waals surface area (Å²) in [6.45, 7) is 4.63. The predicted octanol–water partition coefficient (Wildman–Crippen LogP) is 4.47. The molecule has 2 aromatic carbocycles. The lowest BCUT2D eigenvalue weighted by Gasteiger charge is -2.36. The summed E-state index contributed by atoms with van der Waals surface area (Å²) >= 11 is 0. The maximum atomic E-state index is 9.31. The predicted molar refractivity (Wildman–Crippen MR) is 122 cm³/mol. The Morgan fingerprint density at radius 2 is 1.94 bits per heavy atom. The van der Waals surface area contributed by atoms with E-state index in [9.17, 15) is 5.26 Å². The van der Waals surface area contributed by atoms with Crippen LogP contribution in [-0.4, -0.2) is 18.1 Å². The van der Waals surface area contributed by atoms with Crippen LogP contribution >= 0.6 is 0 Å². The van der Waals surface area contributed by atoms with Gasteiger partial charge in [-0.15, -0.1) is 0 Å². The van der Waals surface area contributed by atoms with Gasteiger partial charge >= 0.3 is 0 Å². The average Bonchev–Trinajstić information content (AvgIpc) is 3.21. The van der Waals surface area contributed by atoms with E-state index in [1.807, 2.05) is 62.5 Å². The van der Waals surface area contributed by atoms with Gasteiger partial charge in [0.2, 0.25) is 0 Å². The molecule has 0 unspecified atom stereocenters. The van der Waals surface area contributed by atoms with Crippen molar-refractivity contribution in [3.8, 4) is 34.4 Å². The lowest BCUT2D eigenvalue weighted by Crippen LogP contribution is -2.34. The number of benzene rings is 2. The molecule has 6 heteroatoms. The maximum absolute atomic E-state index is 9.31. The maximum Gasteiger partial charge on any atom is 0.132 e. The van der Waals surface area contributed by atoms with Crippen molar-refractivity contribution < 1.29 is 9.47 Å². The summed E-state index contributed by atoms with van der Waals surface area (Å²) in [7, 11) is 0. The Labute approximate surface area is 187 Å². The molecule has 3 aromatic rings. The minimum Gasteiger partial charge on any atom is -0.492 e. The largest absolute Gasteiger partial charge is 0.492 e. The first-order valence-corrected chi connectivity index (χ1v) is 10.5. The second-order valence-corrected chi connectivity index (χ2v) is 8.92. The summed E-state index contributed by atoms with van der Waals surface area (Å²) in [5.41, 5.74) is 9.26. The molecule has 1 aromatic heterocycles. The number of hydrogen-bond acceptors (Lipinski definition) is 6. The monoisotopic (exact) mass is 424 g/mol. The molecular formula is C26H24N4O2. The van der Waals surface area contributed by atoms with E-state index >= 15 is 0 Å². The third kappa shape index (κ3) is 3.32. The molecule has 1 atom stereocenters. The standard InChI is InChI=1S/C26H24N4O2/c1-25(2,14-27)16-31-19-6-8-23-21(11-19)26(12-24(28)30-15-26)20-10-17(5-7-22(20)32-23)18-4-3-9-29-13-18/h3-13,30H,15-16,28H2,1-2H3/t26-/m0/s1. The van der Waals surface area contributed by atoms with Gasteiger partial charge in [0.05, 0.1) is 22.7 Å². The third-order valence-electron chi connectivity index (χ3n) is 5.98. The Morgan fingerprint density at radius 3 is 2.62 bits per heavy atom. The van der Waals surface area contributed by atoms with Gasteiger partial charge in [-0.25, -0.2) is 0 Å². The summed E-state index contributed by atoms with van der Waals surface area (Å²) in [6, 6.07) is 18.2. The number of rotatable bonds is 4. The molecule has 6 nitrogen and oxygen atoms in total. The van der Waals surface area contributed by atoms with Crippen LogP contribution in [0.3, 0.4) is 0 Å². The zero-order valence-corrected chi connectivity index (χ0v) is 18.1. The average molecular weight is 425 g/mol. The first-order valence-electron chi connectivity index (χ1n) is 10.5.